The van der Waals surface area contributed by atoms with E-state index in [1.165, 1.54) is 0 Å². The minimum Gasteiger partial charge on any atom is -0.467 e. The lowest BCUT2D eigenvalue weighted by atomic mass is 10.1. The molecular formula is C13H13NO. The normalized spacial score (nSPS) is 13.1. The van der Waals surface area contributed by atoms with Crippen LogP contribution in [-0.2, 0) is 0 Å². The van der Waals surface area contributed by atoms with Crippen molar-refractivity contribution in [3.05, 3.63) is 66.1 Å². The SMILES string of the molecule is NC(/C=C/c1ccccc1)c1ccco1. The number of furan rings is 1. The zero-order valence-electron chi connectivity index (χ0n) is 8.34. The second kappa shape index (κ2) is 4.62. The third kappa shape index (κ3) is 2.58. The van der Waals surface area contributed by atoms with Crippen molar-refractivity contribution in [1.82, 2.24) is 0 Å². The Morgan fingerprint density at radius 2 is 1.87 bits per heavy atom. The van der Waals surface area contributed by atoms with Crippen LogP contribution in [0, 0.1) is 0 Å². The fraction of sp³-hybridized carbons (Fsp3) is 0.0769. The highest BCUT2D eigenvalue weighted by Gasteiger charge is 2.03. The summed E-state index contributed by atoms with van der Waals surface area (Å²) in [6, 6.07) is 13.6. The quantitative estimate of drug-likeness (QED) is 0.825. The number of benzene rings is 1. The second-order valence-electron chi connectivity index (χ2n) is 3.31. The van der Waals surface area contributed by atoms with Gasteiger partial charge in [0.15, 0.2) is 0 Å². The predicted octanol–water partition coefficient (Wildman–Crippen LogP) is 2.99. The van der Waals surface area contributed by atoms with Gasteiger partial charge in [-0.1, -0.05) is 42.5 Å². The Morgan fingerprint density at radius 3 is 2.53 bits per heavy atom. The Kier molecular flexibility index (Phi) is 3.00. The summed E-state index contributed by atoms with van der Waals surface area (Å²) in [4.78, 5) is 0. The Hall–Kier alpha value is -1.80. The number of nitrogens with two attached hydrogens (primary N) is 1. The molecule has 1 heterocycles. The van der Waals surface area contributed by atoms with E-state index in [-0.39, 0.29) is 6.04 Å². The summed E-state index contributed by atoms with van der Waals surface area (Å²) in [5.74, 6) is 0.780. The van der Waals surface area contributed by atoms with Crippen LogP contribution < -0.4 is 5.73 Å². The van der Waals surface area contributed by atoms with Crippen LogP contribution in [0.2, 0.25) is 0 Å². The molecule has 0 fully saturated rings. The number of rotatable bonds is 3. The van der Waals surface area contributed by atoms with E-state index in [1.807, 2.05) is 54.6 Å². The summed E-state index contributed by atoms with van der Waals surface area (Å²) < 4.78 is 5.21. The van der Waals surface area contributed by atoms with Crippen molar-refractivity contribution in [2.45, 2.75) is 6.04 Å². The van der Waals surface area contributed by atoms with Crippen LogP contribution in [0.25, 0.3) is 6.08 Å². The highest BCUT2D eigenvalue weighted by molar-refractivity contribution is 5.49. The Balaban J connectivity index is 2.06. The Bertz CT molecular complexity index is 417. The molecule has 0 saturated carbocycles. The molecule has 0 bridgehead atoms. The van der Waals surface area contributed by atoms with Gasteiger partial charge in [0.1, 0.15) is 5.76 Å². The highest BCUT2D eigenvalue weighted by Crippen LogP contribution is 2.13. The summed E-state index contributed by atoms with van der Waals surface area (Å²) in [5.41, 5.74) is 7.05. The molecule has 15 heavy (non-hydrogen) atoms. The molecule has 1 atom stereocenters. The fourth-order valence-corrected chi connectivity index (χ4v) is 1.35. The molecule has 0 spiro atoms. The molecule has 0 aliphatic carbocycles. The Labute approximate surface area is 89.0 Å². The summed E-state index contributed by atoms with van der Waals surface area (Å²) in [5, 5.41) is 0. The summed E-state index contributed by atoms with van der Waals surface area (Å²) >= 11 is 0. The molecule has 0 saturated heterocycles. The Morgan fingerprint density at radius 1 is 1.07 bits per heavy atom. The van der Waals surface area contributed by atoms with Gasteiger partial charge in [0.2, 0.25) is 0 Å². The standard InChI is InChI=1S/C13H13NO/c14-12(13-7-4-10-15-13)9-8-11-5-2-1-3-6-11/h1-10,12H,14H2/b9-8+. The van der Waals surface area contributed by atoms with E-state index in [0.29, 0.717) is 0 Å². The number of hydrogen-bond acceptors (Lipinski definition) is 2. The van der Waals surface area contributed by atoms with Crippen LogP contribution in [0.5, 0.6) is 0 Å². The molecule has 0 aliphatic heterocycles. The lowest BCUT2D eigenvalue weighted by Crippen LogP contribution is -2.04. The molecule has 1 aromatic heterocycles. The minimum atomic E-state index is -0.180. The molecule has 76 valence electrons. The van der Waals surface area contributed by atoms with Crippen LogP contribution in [0.3, 0.4) is 0 Å². The van der Waals surface area contributed by atoms with Gasteiger partial charge >= 0.3 is 0 Å². The maximum Gasteiger partial charge on any atom is 0.124 e. The van der Waals surface area contributed by atoms with Gasteiger partial charge in [0, 0.05) is 0 Å². The van der Waals surface area contributed by atoms with Gasteiger partial charge in [0.05, 0.1) is 12.3 Å². The van der Waals surface area contributed by atoms with E-state index in [4.69, 9.17) is 10.2 Å². The van der Waals surface area contributed by atoms with Crippen LogP contribution in [-0.4, -0.2) is 0 Å². The molecule has 2 heteroatoms. The molecule has 2 nitrogen and oxygen atoms in total. The molecule has 2 N–H and O–H groups in total. The summed E-state index contributed by atoms with van der Waals surface area (Å²) in [6.45, 7) is 0. The van der Waals surface area contributed by atoms with Gasteiger partial charge in [0.25, 0.3) is 0 Å². The fourth-order valence-electron chi connectivity index (χ4n) is 1.35. The monoisotopic (exact) mass is 199 g/mol. The molecule has 2 aromatic rings. The first-order valence-corrected chi connectivity index (χ1v) is 4.88. The smallest absolute Gasteiger partial charge is 0.124 e. The molecule has 0 radical (unpaired) electrons. The van der Waals surface area contributed by atoms with Gasteiger partial charge in [-0.15, -0.1) is 0 Å². The highest BCUT2D eigenvalue weighted by atomic mass is 16.3. The van der Waals surface area contributed by atoms with E-state index in [0.717, 1.165) is 11.3 Å². The van der Waals surface area contributed by atoms with Gasteiger partial charge in [-0.3, -0.25) is 0 Å². The van der Waals surface area contributed by atoms with Gasteiger partial charge in [-0.25, -0.2) is 0 Å². The summed E-state index contributed by atoms with van der Waals surface area (Å²) in [6.07, 6.45) is 5.55. The van der Waals surface area contributed by atoms with Crippen molar-refractivity contribution in [2.24, 2.45) is 5.73 Å². The van der Waals surface area contributed by atoms with Crippen LogP contribution in [0.15, 0.2) is 59.2 Å². The van der Waals surface area contributed by atoms with Crippen molar-refractivity contribution >= 4 is 6.08 Å². The van der Waals surface area contributed by atoms with Crippen LogP contribution >= 0.6 is 0 Å². The lowest BCUT2D eigenvalue weighted by Gasteiger charge is -2.01. The minimum absolute atomic E-state index is 0.180. The first-order valence-electron chi connectivity index (χ1n) is 4.88. The summed E-state index contributed by atoms with van der Waals surface area (Å²) in [7, 11) is 0. The average molecular weight is 199 g/mol. The first kappa shape index (κ1) is 9.74. The van der Waals surface area contributed by atoms with Crippen LogP contribution in [0.1, 0.15) is 17.4 Å². The largest absolute Gasteiger partial charge is 0.467 e. The van der Waals surface area contributed by atoms with E-state index < -0.39 is 0 Å². The van der Waals surface area contributed by atoms with Crippen molar-refractivity contribution < 1.29 is 4.42 Å². The first-order chi connectivity index (χ1) is 7.36. The third-order valence-corrected chi connectivity index (χ3v) is 2.17. The van der Waals surface area contributed by atoms with Crippen LogP contribution in [0.4, 0.5) is 0 Å². The molecule has 0 aliphatic rings. The zero-order chi connectivity index (χ0) is 10.5. The maximum absolute atomic E-state index is 5.91. The van der Waals surface area contributed by atoms with Crippen molar-refractivity contribution in [3.8, 4) is 0 Å². The van der Waals surface area contributed by atoms with E-state index in [9.17, 15) is 0 Å². The van der Waals surface area contributed by atoms with E-state index in [1.54, 1.807) is 6.26 Å². The van der Waals surface area contributed by atoms with Gasteiger partial charge < -0.3 is 10.2 Å². The van der Waals surface area contributed by atoms with E-state index >= 15 is 0 Å². The van der Waals surface area contributed by atoms with Gasteiger partial charge in [-0.2, -0.15) is 0 Å². The molecule has 0 amide bonds. The van der Waals surface area contributed by atoms with E-state index in [2.05, 4.69) is 0 Å². The molecule has 1 unspecified atom stereocenters. The van der Waals surface area contributed by atoms with Crippen molar-refractivity contribution in [1.29, 1.82) is 0 Å². The average Bonchev–Trinajstić information content (AvgIpc) is 2.81. The zero-order valence-corrected chi connectivity index (χ0v) is 8.34. The lowest BCUT2D eigenvalue weighted by molar-refractivity contribution is 0.494. The van der Waals surface area contributed by atoms with Gasteiger partial charge in [-0.05, 0) is 17.7 Å². The third-order valence-electron chi connectivity index (χ3n) is 2.17. The second-order valence-corrected chi connectivity index (χ2v) is 3.31. The predicted molar refractivity (Wildman–Crippen MR) is 61.1 cm³/mol. The topological polar surface area (TPSA) is 39.2 Å². The molecular weight excluding hydrogens is 186 g/mol. The van der Waals surface area contributed by atoms with Crippen molar-refractivity contribution in [2.75, 3.05) is 0 Å². The maximum atomic E-state index is 5.91. The molecule has 1 aromatic carbocycles. The van der Waals surface area contributed by atoms with Crippen molar-refractivity contribution in [3.63, 3.8) is 0 Å². The number of hydrogen-bond donors (Lipinski definition) is 1. The molecule has 2 rings (SSSR count).